The van der Waals surface area contributed by atoms with E-state index < -0.39 is 0 Å². The number of aryl methyl sites for hydroxylation is 1. The Labute approximate surface area is 183 Å². The van der Waals surface area contributed by atoms with Crippen molar-refractivity contribution in [3.63, 3.8) is 0 Å². The van der Waals surface area contributed by atoms with E-state index in [0.717, 1.165) is 38.0 Å². The average Bonchev–Trinajstić information content (AvgIpc) is 2.89. The molecule has 1 aliphatic heterocycles. The van der Waals surface area contributed by atoms with Crippen molar-refractivity contribution in [1.29, 1.82) is 0 Å². The fraction of sp³-hybridized carbons (Fsp3) is 0.556. The number of hydrogen-bond acceptors (Lipinski definition) is 3. The van der Waals surface area contributed by atoms with Gasteiger partial charge in [-0.15, -0.1) is 0 Å². The number of rotatable bonds is 10. The third kappa shape index (κ3) is 6.50. The fourth-order valence-corrected chi connectivity index (χ4v) is 4.54. The number of hydrogen-bond donors (Lipinski definition) is 3. The van der Waals surface area contributed by atoms with E-state index in [1.54, 1.807) is 0 Å². The van der Waals surface area contributed by atoms with Crippen molar-refractivity contribution >= 4 is 11.4 Å². The number of para-hydroxylation sites is 1. The summed E-state index contributed by atoms with van der Waals surface area (Å²) in [6, 6.07) is 17.2. The lowest BCUT2D eigenvalue weighted by Gasteiger charge is -2.25. The molecule has 2 aromatic rings. The van der Waals surface area contributed by atoms with Gasteiger partial charge in [-0.2, -0.15) is 0 Å². The summed E-state index contributed by atoms with van der Waals surface area (Å²) in [5, 5.41) is 17.5. The van der Waals surface area contributed by atoms with Gasteiger partial charge in [-0.05, 0) is 79.2 Å². The van der Waals surface area contributed by atoms with Crippen LogP contribution in [0.15, 0.2) is 48.5 Å². The molecule has 0 bridgehead atoms. The van der Waals surface area contributed by atoms with Crippen LogP contribution in [-0.4, -0.2) is 24.3 Å². The van der Waals surface area contributed by atoms with E-state index in [1.165, 1.54) is 42.5 Å². The van der Waals surface area contributed by atoms with Crippen molar-refractivity contribution in [3.05, 3.63) is 59.7 Å². The van der Waals surface area contributed by atoms with Gasteiger partial charge in [0.1, 0.15) is 0 Å². The van der Waals surface area contributed by atoms with E-state index in [0.29, 0.717) is 5.92 Å². The Bertz CT molecular complexity index is 772. The lowest BCUT2D eigenvalue weighted by atomic mass is 9.79. The van der Waals surface area contributed by atoms with Crippen LogP contribution in [0.5, 0.6) is 0 Å². The zero-order valence-corrected chi connectivity index (χ0v) is 19.1. The summed E-state index contributed by atoms with van der Waals surface area (Å²) < 4.78 is 0. The minimum Gasteiger partial charge on any atom is -0.393 e. The molecule has 0 saturated heterocycles. The minimum absolute atomic E-state index is 0.236. The predicted octanol–water partition coefficient (Wildman–Crippen LogP) is 6.38. The fourth-order valence-electron chi connectivity index (χ4n) is 4.54. The number of aliphatic hydroxyl groups is 1. The minimum atomic E-state index is -0.236. The van der Waals surface area contributed by atoms with Crippen molar-refractivity contribution in [2.24, 2.45) is 5.92 Å². The summed E-state index contributed by atoms with van der Waals surface area (Å²) in [5.74, 6) is 0.345. The number of fused-ring (bicyclic) bond motifs is 1. The normalized spacial score (nSPS) is 17.3. The van der Waals surface area contributed by atoms with Crippen LogP contribution in [0, 0.1) is 5.92 Å². The van der Waals surface area contributed by atoms with E-state index in [2.05, 4.69) is 61.7 Å². The van der Waals surface area contributed by atoms with E-state index >= 15 is 0 Å². The van der Waals surface area contributed by atoms with Gasteiger partial charge in [0, 0.05) is 24.5 Å². The molecule has 0 saturated carbocycles. The second-order valence-corrected chi connectivity index (χ2v) is 9.67. The monoisotopic (exact) mass is 408 g/mol. The number of benzene rings is 2. The first-order valence-electron chi connectivity index (χ1n) is 11.8. The second-order valence-electron chi connectivity index (χ2n) is 9.67. The molecule has 0 aromatic heterocycles. The molecular weight excluding hydrogens is 368 g/mol. The van der Waals surface area contributed by atoms with Crippen molar-refractivity contribution in [3.8, 4) is 0 Å². The third-order valence-corrected chi connectivity index (χ3v) is 6.68. The van der Waals surface area contributed by atoms with Gasteiger partial charge >= 0.3 is 0 Å². The SMILES string of the molecule is CC(CCCCc1ccc2c(c1)C(C)(C)CCCN2)C(O)CCNc1ccccc1. The van der Waals surface area contributed by atoms with Crippen molar-refractivity contribution in [2.75, 3.05) is 23.7 Å². The van der Waals surface area contributed by atoms with E-state index in [9.17, 15) is 5.11 Å². The summed E-state index contributed by atoms with van der Waals surface area (Å²) in [4.78, 5) is 0. The van der Waals surface area contributed by atoms with E-state index in [-0.39, 0.29) is 11.5 Å². The largest absolute Gasteiger partial charge is 0.393 e. The van der Waals surface area contributed by atoms with Gasteiger partial charge in [0.05, 0.1) is 6.10 Å². The van der Waals surface area contributed by atoms with Crippen LogP contribution in [0.3, 0.4) is 0 Å². The second kappa shape index (κ2) is 10.9. The smallest absolute Gasteiger partial charge is 0.0582 e. The maximum atomic E-state index is 10.5. The molecule has 2 unspecified atom stereocenters. The molecule has 3 nitrogen and oxygen atoms in total. The number of unbranched alkanes of at least 4 members (excludes halogenated alkanes) is 1. The molecule has 0 aliphatic carbocycles. The Kier molecular flexibility index (Phi) is 8.21. The van der Waals surface area contributed by atoms with Crippen LogP contribution in [0.25, 0.3) is 0 Å². The van der Waals surface area contributed by atoms with Gasteiger partial charge in [-0.3, -0.25) is 0 Å². The quantitative estimate of drug-likeness (QED) is 0.400. The third-order valence-electron chi connectivity index (χ3n) is 6.68. The Morgan fingerprint density at radius 2 is 1.87 bits per heavy atom. The summed E-state index contributed by atoms with van der Waals surface area (Å²) in [6.07, 6.45) is 7.61. The van der Waals surface area contributed by atoms with Gasteiger partial charge in [-0.1, -0.05) is 57.5 Å². The Hall–Kier alpha value is -2.00. The molecule has 1 aliphatic rings. The lowest BCUT2D eigenvalue weighted by molar-refractivity contribution is 0.105. The standard InChI is InChI=1S/C27H40N2O/c1-21(26(30)16-19-28-23-12-5-4-6-13-23)10-7-8-11-22-14-15-25-24(20-22)27(2,3)17-9-18-29-25/h4-6,12-15,20-21,26,28-30H,7-11,16-19H2,1-3H3. The first-order chi connectivity index (χ1) is 14.5. The highest BCUT2D eigenvalue weighted by Crippen LogP contribution is 2.37. The molecule has 2 aromatic carbocycles. The highest BCUT2D eigenvalue weighted by atomic mass is 16.3. The van der Waals surface area contributed by atoms with Crippen molar-refractivity contribution < 1.29 is 5.11 Å². The molecular formula is C27H40N2O. The number of aliphatic hydroxyl groups excluding tert-OH is 1. The summed E-state index contributed by atoms with van der Waals surface area (Å²) in [6.45, 7) is 8.83. The maximum Gasteiger partial charge on any atom is 0.0582 e. The molecule has 1 heterocycles. The first-order valence-corrected chi connectivity index (χ1v) is 11.8. The molecule has 3 rings (SSSR count). The molecule has 0 spiro atoms. The highest BCUT2D eigenvalue weighted by Gasteiger charge is 2.25. The van der Waals surface area contributed by atoms with Gasteiger partial charge < -0.3 is 15.7 Å². The summed E-state index contributed by atoms with van der Waals surface area (Å²) in [5.41, 5.74) is 5.62. The van der Waals surface area contributed by atoms with Crippen molar-refractivity contribution in [1.82, 2.24) is 0 Å². The molecule has 0 amide bonds. The molecule has 3 heteroatoms. The van der Waals surface area contributed by atoms with Crippen LogP contribution in [-0.2, 0) is 11.8 Å². The van der Waals surface area contributed by atoms with Crippen LogP contribution in [0.2, 0.25) is 0 Å². The Balaban J connectivity index is 1.38. The van der Waals surface area contributed by atoms with E-state index in [4.69, 9.17) is 0 Å². The average molecular weight is 409 g/mol. The van der Waals surface area contributed by atoms with Crippen LogP contribution in [0.4, 0.5) is 11.4 Å². The van der Waals surface area contributed by atoms with Crippen LogP contribution < -0.4 is 10.6 Å². The van der Waals surface area contributed by atoms with Gasteiger partial charge in [0.15, 0.2) is 0 Å². The van der Waals surface area contributed by atoms with Gasteiger partial charge in [0.2, 0.25) is 0 Å². The Morgan fingerprint density at radius 3 is 2.67 bits per heavy atom. The summed E-state index contributed by atoms with van der Waals surface area (Å²) in [7, 11) is 0. The zero-order valence-electron chi connectivity index (χ0n) is 19.1. The molecule has 0 fully saturated rings. The van der Waals surface area contributed by atoms with Crippen molar-refractivity contribution in [2.45, 2.75) is 77.2 Å². The maximum absolute atomic E-state index is 10.5. The van der Waals surface area contributed by atoms with E-state index in [1.807, 2.05) is 18.2 Å². The van der Waals surface area contributed by atoms with Crippen LogP contribution >= 0.6 is 0 Å². The first kappa shape index (κ1) is 22.7. The molecule has 30 heavy (non-hydrogen) atoms. The van der Waals surface area contributed by atoms with Crippen LogP contribution in [0.1, 0.15) is 70.4 Å². The molecule has 0 radical (unpaired) electrons. The number of anilines is 2. The predicted molar refractivity (Wildman–Crippen MR) is 129 cm³/mol. The van der Waals surface area contributed by atoms with Gasteiger partial charge in [0.25, 0.3) is 0 Å². The molecule has 164 valence electrons. The lowest BCUT2D eigenvalue weighted by Crippen LogP contribution is -2.21. The zero-order chi connectivity index (χ0) is 21.4. The highest BCUT2D eigenvalue weighted by molar-refractivity contribution is 5.56. The Morgan fingerprint density at radius 1 is 1.07 bits per heavy atom. The van der Waals surface area contributed by atoms with Gasteiger partial charge in [-0.25, -0.2) is 0 Å². The molecule has 3 N–H and O–H groups in total. The number of nitrogens with one attached hydrogen (secondary N) is 2. The molecule has 2 atom stereocenters. The topological polar surface area (TPSA) is 44.3 Å². The summed E-state index contributed by atoms with van der Waals surface area (Å²) >= 11 is 0.